The maximum atomic E-state index is 9.96. The third-order valence-corrected chi connectivity index (χ3v) is 2.58. The van der Waals surface area contributed by atoms with Crippen molar-refractivity contribution in [1.82, 2.24) is 0 Å². The highest BCUT2D eigenvalue weighted by Gasteiger charge is 2.10. The predicted octanol–water partition coefficient (Wildman–Crippen LogP) is 2.11. The maximum absolute atomic E-state index is 9.96. The topological polar surface area (TPSA) is 71.0 Å². The van der Waals surface area contributed by atoms with Crippen molar-refractivity contribution >= 4 is 12.1 Å². The Bertz CT molecular complexity index is 564. The Hall–Kier alpha value is -2.46. The SMILES string of the molecule is N/C(=N\N=C\c1ccccc1)C(O)c1ccccc1. The van der Waals surface area contributed by atoms with E-state index in [2.05, 4.69) is 10.2 Å². The second-order valence-corrected chi connectivity index (χ2v) is 3.99. The normalized spacial score (nSPS) is 13.6. The Labute approximate surface area is 111 Å². The Kier molecular flexibility index (Phi) is 4.42. The van der Waals surface area contributed by atoms with Crippen molar-refractivity contribution in [2.45, 2.75) is 6.10 Å². The van der Waals surface area contributed by atoms with E-state index in [9.17, 15) is 5.11 Å². The van der Waals surface area contributed by atoms with Crippen LogP contribution >= 0.6 is 0 Å². The first-order chi connectivity index (χ1) is 9.27. The number of hydrogen-bond acceptors (Lipinski definition) is 3. The molecule has 2 rings (SSSR count). The fraction of sp³-hybridized carbons (Fsp3) is 0.0667. The van der Waals surface area contributed by atoms with Crippen LogP contribution in [0.1, 0.15) is 17.2 Å². The number of nitrogens with zero attached hydrogens (tertiary/aromatic N) is 2. The summed E-state index contributed by atoms with van der Waals surface area (Å²) in [7, 11) is 0. The van der Waals surface area contributed by atoms with E-state index in [0.29, 0.717) is 5.56 Å². The summed E-state index contributed by atoms with van der Waals surface area (Å²) in [6.07, 6.45) is 0.652. The average molecular weight is 253 g/mol. The van der Waals surface area contributed by atoms with Gasteiger partial charge in [0, 0.05) is 0 Å². The summed E-state index contributed by atoms with van der Waals surface area (Å²) < 4.78 is 0. The van der Waals surface area contributed by atoms with Gasteiger partial charge in [-0.05, 0) is 11.1 Å². The average Bonchev–Trinajstić information content (AvgIpc) is 2.48. The highest BCUT2D eigenvalue weighted by Crippen LogP contribution is 2.11. The van der Waals surface area contributed by atoms with Gasteiger partial charge in [0.25, 0.3) is 0 Å². The number of benzene rings is 2. The number of hydrogen-bond donors (Lipinski definition) is 2. The molecule has 0 aliphatic rings. The molecule has 0 saturated carbocycles. The van der Waals surface area contributed by atoms with Crippen molar-refractivity contribution in [2.75, 3.05) is 0 Å². The molecule has 0 bridgehead atoms. The maximum Gasteiger partial charge on any atom is 0.155 e. The van der Waals surface area contributed by atoms with Crippen molar-refractivity contribution in [1.29, 1.82) is 0 Å². The molecule has 2 aromatic carbocycles. The summed E-state index contributed by atoms with van der Waals surface area (Å²) in [5.74, 6) is 0.0679. The first-order valence-electron chi connectivity index (χ1n) is 5.92. The Morgan fingerprint density at radius 3 is 2.21 bits per heavy atom. The highest BCUT2D eigenvalue weighted by atomic mass is 16.3. The lowest BCUT2D eigenvalue weighted by Crippen LogP contribution is -2.21. The van der Waals surface area contributed by atoms with Crippen LogP contribution in [0, 0.1) is 0 Å². The quantitative estimate of drug-likeness (QED) is 0.497. The number of aliphatic hydroxyl groups is 1. The zero-order valence-corrected chi connectivity index (χ0v) is 10.3. The van der Waals surface area contributed by atoms with Crippen LogP contribution in [0.25, 0.3) is 0 Å². The third-order valence-electron chi connectivity index (χ3n) is 2.58. The van der Waals surface area contributed by atoms with Crippen molar-refractivity contribution in [2.24, 2.45) is 15.9 Å². The molecule has 4 nitrogen and oxygen atoms in total. The van der Waals surface area contributed by atoms with Gasteiger partial charge in [0.15, 0.2) is 5.84 Å². The molecule has 0 spiro atoms. The number of nitrogens with two attached hydrogens (primary N) is 1. The van der Waals surface area contributed by atoms with Gasteiger partial charge in [0.05, 0.1) is 6.21 Å². The molecule has 0 fully saturated rings. The molecule has 19 heavy (non-hydrogen) atoms. The van der Waals surface area contributed by atoms with Crippen molar-refractivity contribution in [3.05, 3.63) is 71.8 Å². The molecule has 0 radical (unpaired) electrons. The van der Waals surface area contributed by atoms with Crippen LogP contribution in [0.3, 0.4) is 0 Å². The van der Waals surface area contributed by atoms with Gasteiger partial charge in [0.2, 0.25) is 0 Å². The molecule has 0 saturated heterocycles. The van der Waals surface area contributed by atoms with Gasteiger partial charge >= 0.3 is 0 Å². The molecule has 3 N–H and O–H groups in total. The largest absolute Gasteiger partial charge is 0.383 e. The van der Waals surface area contributed by atoms with Crippen molar-refractivity contribution in [3.8, 4) is 0 Å². The Morgan fingerprint density at radius 1 is 1.00 bits per heavy atom. The highest BCUT2D eigenvalue weighted by molar-refractivity contribution is 5.87. The Balaban J connectivity index is 2.05. The van der Waals surface area contributed by atoms with E-state index in [1.165, 1.54) is 0 Å². The van der Waals surface area contributed by atoms with Gasteiger partial charge in [-0.15, -0.1) is 5.10 Å². The van der Waals surface area contributed by atoms with Crippen molar-refractivity contribution < 1.29 is 5.11 Å². The van der Waals surface area contributed by atoms with Crippen LogP contribution in [0.15, 0.2) is 70.9 Å². The number of rotatable bonds is 4. The van der Waals surface area contributed by atoms with Gasteiger partial charge in [-0.1, -0.05) is 60.7 Å². The van der Waals surface area contributed by atoms with Crippen LogP contribution in [0.4, 0.5) is 0 Å². The summed E-state index contributed by atoms with van der Waals surface area (Å²) in [4.78, 5) is 0. The van der Waals surface area contributed by atoms with Gasteiger partial charge < -0.3 is 10.8 Å². The lowest BCUT2D eigenvalue weighted by atomic mass is 10.1. The molecular weight excluding hydrogens is 238 g/mol. The Morgan fingerprint density at radius 2 is 1.58 bits per heavy atom. The summed E-state index contributed by atoms with van der Waals surface area (Å²) in [6.45, 7) is 0. The molecule has 1 atom stereocenters. The summed E-state index contributed by atoms with van der Waals surface area (Å²) in [5, 5.41) is 17.6. The van der Waals surface area contributed by atoms with E-state index >= 15 is 0 Å². The van der Waals surface area contributed by atoms with E-state index in [1.54, 1.807) is 18.3 Å². The fourth-order valence-electron chi connectivity index (χ4n) is 1.56. The summed E-state index contributed by atoms with van der Waals surface area (Å²) in [5.41, 5.74) is 7.32. The summed E-state index contributed by atoms with van der Waals surface area (Å²) in [6, 6.07) is 18.7. The molecule has 2 aromatic rings. The fourth-order valence-corrected chi connectivity index (χ4v) is 1.56. The molecule has 4 heteroatoms. The zero-order valence-electron chi connectivity index (χ0n) is 10.3. The molecule has 1 unspecified atom stereocenters. The molecule has 0 aliphatic heterocycles. The van der Waals surface area contributed by atoms with E-state index < -0.39 is 6.10 Å². The lowest BCUT2D eigenvalue weighted by Gasteiger charge is -2.08. The standard InChI is InChI=1S/C15H15N3O/c16-15(14(19)13-9-5-2-6-10-13)18-17-11-12-7-3-1-4-8-12/h1-11,14,19H,(H2,16,18)/b17-11+. The monoisotopic (exact) mass is 253 g/mol. The van der Waals surface area contributed by atoms with Crippen LogP contribution in [-0.4, -0.2) is 17.2 Å². The molecule has 0 aromatic heterocycles. The minimum Gasteiger partial charge on any atom is -0.383 e. The molecule has 96 valence electrons. The van der Waals surface area contributed by atoms with Gasteiger partial charge in [-0.25, -0.2) is 0 Å². The smallest absolute Gasteiger partial charge is 0.155 e. The van der Waals surface area contributed by atoms with Crippen LogP contribution < -0.4 is 5.73 Å². The zero-order chi connectivity index (χ0) is 13.5. The number of aliphatic hydroxyl groups excluding tert-OH is 1. The molecule has 0 aliphatic carbocycles. The van der Waals surface area contributed by atoms with E-state index in [0.717, 1.165) is 5.56 Å². The van der Waals surface area contributed by atoms with E-state index in [-0.39, 0.29) is 5.84 Å². The second kappa shape index (κ2) is 6.47. The molecule has 0 amide bonds. The second-order valence-electron chi connectivity index (χ2n) is 3.99. The molecular formula is C15H15N3O. The lowest BCUT2D eigenvalue weighted by molar-refractivity contribution is 0.245. The first-order valence-corrected chi connectivity index (χ1v) is 5.92. The first kappa shape index (κ1) is 13.0. The van der Waals surface area contributed by atoms with Gasteiger partial charge in [-0.3, -0.25) is 0 Å². The predicted molar refractivity (Wildman–Crippen MR) is 77.1 cm³/mol. The van der Waals surface area contributed by atoms with Crippen LogP contribution in [0.5, 0.6) is 0 Å². The van der Waals surface area contributed by atoms with Crippen molar-refractivity contribution in [3.63, 3.8) is 0 Å². The summed E-state index contributed by atoms with van der Waals surface area (Å²) >= 11 is 0. The van der Waals surface area contributed by atoms with E-state index in [1.807, 2.05) is 48.5 Å². The molecule has 0 heterocycles. The van der Waals surface area contributed by atoms with Gasteiger partial charge in [0.1, 0.15) is 6.10 Å². The third kappa shape index (κ3) is 3.76. The number of amidine groups is 1. The van der Waals surface area contributed by atoms with Crippen LogP contribution in [0.2, 0.25) is 0 Å². The van der Waals surface area contributed by atoms with Crippen LogP contribution in [-0.2, 0) is 0 Å². The minimum absolute atomic E-state index is 0.0679. The van der Waals surface area contributed by atoms with E-state index in [4.69, 9.17) is 5.73 Å². The van der Waals surface area contributed by atoms with Gasteiger partial charge in [-0.2, -0.15) is 5.10 Å². The minimum atomic E-state index is -0.936.